The Morgan fingerprint density at radius 1 is 1.13 bits per heavy atom. The average molecular weight is 449 g/mol. The normalized spacial score (nSPS) is 17.2. The molecule has 1 atom stereocenters. The highest BCUT2D eigenvalue weighted by molar-refractivity contribution is 6.22. The van der Waals surface area contributed by atoms with Crippen LogP contribution >= 0.6 is 11.6 Å². The van der Waals surface area contributed by atoms with Crippen molar-refractivity contribution in [2.75, 3.05) is 11.4 Å². The topological polar surface area (TPSA) is 53.4 Å². The number of alkyl halides is 4. The Hall–Kier alpha value is -2.80. The fourth-order valence-corrected chi connectivity index (χ4v) is 4.54. The van der Waals surface area contributed by atoms with Crippen molar-refractivity contribution in [1.29, 1.82) is 0 Å². The van der Waals surface area contributed by atoms with Crippen molar-refractivity contribution in [3.8, 4) is 0 Å². The van der Waals surface area contributed by atoms with Gasteiger partial charge in [-0.25, -0.2) is 9.78 Å². The lowest BCUT2D eigenvalue weighted by molar-refractivity contribution is -0.138. The highest BCUT2D eigenvalue weighted by Gasteiger charge is 2.34. The van der Waals surface area contributed by atoms with Gasteiger partial charge in [-0.2, -0.15) is 13.2 Å². The van der Waals surface area contributed by atoms with Gasteiger partial charge >= 0.3 is 12.1 Å². The molecule has 1 aliphatic rings. The zero-order valence-electron chi connectivity index (χ0n) is 16.5. The van der Waals surface area contributed by atoms with Crippen molar-refractivity contribution in [2.45, 2.75) is 37.4 Å². The van der Waals surface area contributed by atoms with Gasteiger partial charge in [0.2, 0.25) is 0 Å². The van der Waals surface area contributed by atoms with Gasteiger partial charge in [0.25, 0.3) is 0 Å². The molecule has 0 spiro atoms. The lowest BCUT2D eigenvalue weighted by Crippen LogP contribution is -2.37. The van der Waals surface area contributed by atoms with Crippen LogP contribution in [0.15, 0.2) is 48.5 Å². The molecule has 1 saturated heterocycles. The van der Waals surface area contributed by atoms with Crippen molar-refractivity contribution >= 4 is 34.2 Å². The molecule has 0 aliphatic carbocycles. The quantitative estimate of drug-likeness (QED) is 0.387. The van der Waals surface area contributed by atoms with E-state index >= 15 is 0 Å². The summed E-state index contributed by atoms with van der Waals surface area (Å²) in [6.45, 7) is 0.592. The molecule has 2 aromatic carbocycles. The Balaban J connectivity index is 1.99. The number of halogens is 4. The number of aromatic nitrogens is 1. The standard InChI is InChI=1S/C23H20ClF3N2O2/c24-19-11-5-6-12-29(19)21-15-8-2-4-10-18(15)28-20(22(30)31)16(21)13-14-7-1-3-9-17(14)23(25,26)27/h1-4,7-10,19H,5-6,11-13H2,(H,30,31). The summed E-state index contributed by atoms with van der Waals surface area (Å²) in [4.78, 5) is 18.3. The Bertz CT molecular complexity index is 1130. The molecule has 1 aromatic heterocycles. The number of pyridine rings is 1. The third-order valence-corrected chi connectivity index (χ3v) is 6.03. The fraction of sp³-hybridized carbons (Fsp3) is 0.304. The number of anilines is 1. The molecular formula is C23H20ClF3N2O2. The Morgan fingerprint density at radius 2 is 1.84 bits per heavy atom. The summed E-state index contributed by atoms with van der Waals surface area (Å²) in [5, 5.41) is 10.6. The van der Waals surface area contributed by atoms with Crippen LogP contribution in [0.2, 0.25) is 0 Å². The highest BCUT2D eigenvalue weighted by Crippen LogP contribution is 2.40. The van der Waals surface area contributed by atoms with E-state index in [4.69, 9.17) is 11.6 Å². The van der Waals surface area contributed by atoms with Crippen LogP contribution in [0.4, 0.5) is 18.9 Å². The number of aromatic carboxylic acids is 1. The number of fused-ring (bicyclic) bond motifs is 1. The van der Waals surface area contributed by atoms with Crippen LogP contribution in [-0.4, -0.2) is 28.1 Å². The molecule has 2 heterocycles. The minimum atomic E-state index is -4.55. The Labute approximate surface area is 182 Å². The predicted octanol–water partition coefficient (Wildman–Crippen LogP) is 6.10. The summed E-state index contributed by atoms with van der Waals surface area (Å²) in [5.41, 5.74) is -0.143. The molecule has 1 N–H and O–H groups in total. The molecular weight excluding hydrogens is 429 g/mol. The summed E-state index contributed by atoms with van der Waals surface area (Å²) in [6, 6.07) is 12.3. The minimum Gasteiger partial charge on any atom is -0.477 e. The number of benzene rings is 2. The van der Waals surface area contributed by atoms with Crippen LogP contribution in [0.3, 0.4) is 0 Å². The van der Waals surface area contributed by atoms with E-state index in [-0.39, 0.29) is 28.7 Å². The molecule has 0 amide bonds. The maximum absolute atomic E-state index is 13.6. The number of para-hydroxylation sites is 1. The second-order valence-electron chi connectivity index (χ2n) is 7.57. The van der Waals surface area contributed by atoms with Crippen LogP contribution in [0.25, 0.3) is 10.9 Å². The van der Waals surface area contributed by atoms with Crippen LogP contribution < -0.4 is 4.90 Å². The number of nitrogens with zero attached hydrogens (tertiary/aromatic N) is 2. The molecule has 3 aromatic rings. The van der Waals surface area contributed by atoms with Crippen molar-refractivity contribution in [1.82, 2.24) is 4.98 Å². The summed E-state index contributed by atoms with van der Waals surface area (Å²) < 4.78 is 40.9. The summed E-state index contributed by atoms with van der Waals surface area (Å²) in [7, 11) is 0. The molecule has 0 bridgehead atoms. The molecule has 162 valence electrons. The molecule has 1 aliphatic heterocycles. The van der Waals surface area contributed by atoms with E-state index in [1.165, 1.54) is 18.2 Å². The fourth-order valence-electron chi connectivity index (χ4n) is 4.19. The van der Waals surface area contributed by atoms with Crippen molar-refractivity contribution in [3.05, 3.63) is 70.9 Å². The smallest absolute Gasteiger partial charge is 0.416 e. The second kappa shape index (κ2) is 8.38. The Morgan fingerprint density at radius 3 is 2.55 bits per heavy atom. The van der Waals surface area contributed by atoms with E-state index in [0.717, 1.165) is 18.9 Å². The number of hydrogen-bond donors (Lipinski definition) is 1. The summed E-state index contributed by atoms with van der Waals surface area (Å²) >= 11 is 6.61. The van der Waals surface area contributed by atoms with Gasteiger partial charge < -0.3 is 10.0 Å². The summed E-state index contributed by atoms with van der Waals surface area (Å²) in [5.74, 6) is -1.28. The van der Waals surface area contributed by atoms with Crippen molar-refractivity contribution < 1.29 is 23.1 Å². The SMILES string of the molecule is O=C(O)c1nc2ccccc2c(N2CCCCC2Cl)c1Cc1ccccc1C(F)(F)F. The minimum absolute atomic E-state index is 0.000960. The van der Waals surface area contributed by atoms with Gasteiger partial charge in [0.15, 0.2) is 5.69 Å². The monoisotopic (exact) mass is 448 g/mol. The van der Waals surface area contributed by atoms with Gasteiger partial charge in [-0.05, 0) is 37.0 Å². The van der Waals surface area contributed by atoms with E-state index < -0.39 is 17.7 Å². The van der Waals surface area contributed by atoms with Crippen molar-refractivity contribution in [2.24, 2.45) is 0 Å². The van der Waals surface area contributed by atoms with Crippen LogP contribution in [0.1, 0.15) is 46.4 Å². The van der Waals surface area contributed by atoms with Crippen LogP contribution in [0, 0.1) is 0 Å². The van der Waals surface area contributed by atoms with Gasteiger partial charge in [-0.15, -0.1) is 0 Å². The van der Waals surface area contributed by atoms with E-state index in [2.05, 4.69) is 4.98 Å². The number of hydrogen-bond acceptors (Lipinski definition) is 3. The first-order valence-corrected chi connectivity index (χ1v) is 10.4. The zero-order chi connectivity index (χ0) is 22.2. The number of carbonyl (C=O) groups is 1. The predicted molar refractivity (Wildman–Crippen MR) is 114 cm³/mol. The number of carboxylic acids is 1. The average Bonchev–Trinajstić information content (AvgIpc) is 2.73. The zero-order valence-corrected chi connectivity index (χ0v) is 17.2. The molecule has 4 rings (SSSR count). The molecule has 1 fully saturated rings. The third-order valence-electron chi connectivity index (χ3n) is 5.57. The molecule has 8 heteroatoms. The van der Waals surface area contributed by atoms with Crippen molar-refractivity contribution in [3.63, 3.8) is 0 Å². The van der Waals surface area contributed by atoms with Gasteiger partial charge in [-0.3, -0.25) is 0 Å². The first-order valence-electron chi connectivity index (χ1n) is 9.98. The molecule has 1 unspecified atom stereocenters. The largest absolute Gasteiger partial charge is 0.477 e. The molecule has 4 nitrogen and oxygen atoms in total. The van der Waals surface area contributed by atoms with E-state index in [9.17, 15) is 23.1 Å². The Kier molecular flexibility index (Phi) is 5.79. The van der Waals surface area contributed by atoms with E-state index in [0.29, 0.717) is 29.6 Å². The molecule has 0 saturated carbocycles. The van der Waals surface area contributed by atoms with Crippen LogP contribution in [-0.2, 0) is 12.6 Å². The van der Waals surface area contributed by atoms with Gasteiger partial charge in [-0.1, -0.05) is 48.0 Å². The lowest BCUT2D eigenvalue weighted by Gasteiger charge is -2.36. The summed E-state index contributed by atoms with van der Waals surface area (Å²) in [6.07, 6.45) is -2.26. The number of rotatable bonds is 4. The molecule has 31 heavy (non-hydrogen) atoms. The number of carboxylic acid groups (broad SMARTS) is 1. The second-order valence-corrected chi connectivity index (χ2v) is 8.07. The maximum atomic E-state index is 13.6. The third kappa shape index (κ3) is 4.19. The lowest BCUT2D eigenvalue weighted by atomic mass is 9.94. The van der Waals surface area contributed by atoms with Gasteiger partial charge in [0.05, 0.1) is 16.8 Å². The van der Waals surface area contributed by atoms with E-state index in [1.807, 2.05) is 4.90 Å². The first kappa shape index (κ1) is 21.4. The van der Waals surface area contributed by atoms with E-state index in [1.54, 1.807) is 24.3 Å². The number of piperidine rings is 1. The van der Waals surface area contributed by atoms with Crippen LogP contribution in [0.5, 0.6) is 0 Å². The van der Waals surface area contributed by atoms with Gasteiger partial charge in [0, 0.05) is 23.9 Å². The molecule has 0 radical (unpaired) electrons. The highest BCUT2D eigenvalue weighted by atomic mass is 35.5. The van der Waals surface area contributed by atoms with Gasteiger partial charge in [0.1, 0.15) is 5.50 Å². The first-order chi connectivity index (χ1) is 14.8. The maximum Gasteiger partial charge on any atom is 0.416 e.